The lowest BCUT2D eigenvalue weighted by molar-refractivity contribution is -0.131. The van der Waals surface area contributed by atoms with Gasteiger partial charge in [-0.15, -0.1) is 0 Å². The van der Waals surface area contributed by atoms with Crippen LogP contribution in [0.2, 0.25) is 0 Å². The average Bonchev–Trinajstić information content (AvgIpc) is 3.20. The van der Waals surface area contributed by atoms with Crippen molar-refractivity contribution in [3.63, 3.8) is 0 Å². The van der Waals surface area contributed by atoms with Crippen LogP contribution in [0.3, 0.4) is 0 Å². The second kappa shape index (κ2) is 11.9. The fraction of sp³-hybridized carbons (Fsp3) is 0.500. The third-order valence-corrected chi connectivity index (χ3v) is 8.03. The van der Waals surface area contributed by atoms with Crippen molar-refractivity contribution in [1.29, 1.82) is 0 Å². The van der Waals surface area contributed by atoms with E-state index in [1.54, 1.807) is 20.3 Å². The molecule has 0 saturated carbocycles. The van der Waals surface area contributed by atoms with Gasteiger partial charge in [-0.2, -0.15) is 0 Å². The number of ether oxygens (including phenoxy) is 3. The summed E-state index contributed by atoms with van der Waals surface area (Å²) in [4.78, 5) is 33.1. The fourth-order valence-electron chi connectivity index (χ4n) is 5.73. The Hall–Kier alpha value is -3.50. The van der Waals surface area contributed by atoms with Crippen molar-refractivity contribution in [2.75, 3.05) is 27.4 Å². The molecule has 0 bridgehead atoms. The van der Waals surface area contributed by atoms with Crippen molar-refractivity contribution >= 4 is 17.8 Å². The summed E-state index contributed by atoms with van der Waals surface area (Å²) in [7, 11) is 3.12. The number of nitrogens with one attached hydrogen (secondary N) is 1. The molecule has 2 aromatic carbocycles. The molecular weight excluding hydrogens is 515 g/mol. The zero-order valence-corrected chi connectivity index (χ0v) is 23.8. The molecule has 2 heterocycles. The Morgan fingerprint density at radius 2 is 1.95 bits per heavy atom. The molecule has 0 spiro atoms. The van der Waals surface area contributed by atoms with Crippen LogP contribution in [0, 0.1) is 5.82 Å². The van der Waals surface area contributed by atoms with Crippen molar-refractivity contribution in [2.45, 2.75) is 69.7 Å². The number of fused-ring (bicyclic) bond motifs is 1. The topological polar surface area (TPSA) is 115 Å². The summed E-state index contributed by atoms with van der Waals surface area (Å²) in [5.41, 5.74) is 6.31. The highest BCUT2D eigenvalue weighted by molar-refractivity contribution is 6.00. The predicted molar refractivity (Wildman–Crippen MR) is 150 cm³/mol. The number of rotatable bonds is 11. The van der Waals surface area contributed by atoms with Gasteiger partial charge in [-0.25, -0.2) is 9.38 Å². The zero-order valence-electron chi connectivity index (χ0n) is 23.8. The molecular formula is C30H39FN4O5. The minimum atomic E-state index is -0.860. The van der Waals surface area contributed by atoms with Crippen LogP contribution in [0.4, 0.5) is 4.39 Å². The van der Waals surface area contributed by atoms with E-state index in [4.69, 9.17) is 24.9 Å². The quantitative estimate of drug-likeness (QED) is 0.429. The number of benzene rings is 2. The molecule has 216 valence electrons. The van der Waals surface area contributed by atoms with E-state index in [-0.39, 0.29) is 37.1 Å². The number of halogens is 1. The zero-order chi connectivity index (χ0) is 29.1. The first-order chi connectivity index (χ1) is 19.1. The first-order valence-electron chi connectivity index (χ1n) is 13.6. The number of amides is 2. The maximum atomic E-state index is 15.1. The summed E-state index contributed by atoms with van der Waals surface area (Å²) >= 11 is 0. The van der Waals surface area contributed by atoms with Gasteiger partial charge in [0.05, 0.1) is 30.7 Å². The van der Waals surface area contributed by atoms with Crippen LogP contribution >= 0.6 is 0 Å². The summed E-state index contributed by atoms with van der Waals surface area (Å²) < 4.78 is 31.9. The Balaban J connectivity index is 1.68. The van der Waals surface area contributed by atoms with Crippen LogP contribution in [-0.2, 0) is 14.3 Å². The van der Waals surface area contributed by atoms with Gasteiger partial charge in [0.2, 0.25) is 5.91 Å². The Morgan fingerprint density at radius 1 is 1.23 bits per heavy atom. The number of carbonyl (C=O) groups is 2. The number of methoxy groups -OCH3 is 2. The largest absolute Gasteiger partial charge is 0.482 e. The molecule has 0 radical (unpaired) electrons. The number of carbonyl (C=O) groups excluding carboxylic acids is 2. The lowest BCUT2D eigenvalue weighted by Crippen LogP contribution is -2.52. The van der Waals surface area contributed by atoms with E-state index in [0.29, 0.717) is 30.6 Å². The molecule has 0 saturated heterocycles. The van der Waals surface area contributed by atoms with Crippen LogP contribution in [0.15, 0.2) is 47.5 Å². The molecule has 0 aliphatic carbocycles. The molecule has 3 atom stereocenters. The third kappa shape index (κ3) is 5.69. The highest BCUT2D eigenvalue weighted by Gasteiger charge is 2.46. The van der Waals surface area contributed by atoms with E-state index in [0.717, 1.165) is 5.56 Å². The van der Waals surface area contributed by atoms with E-state index in [2.05, 4.69) is 5.32 Å². The number of hydrogen-bond acceptors (Lipinski definition) is 7. The fourth-order valence-corrected chi connectivity index (χ4v) is 5.73. The summed E-state index contributed by atoms with van der Waals surface area (Å²) in [6.07, 6.45) is 1.88. The van der Waals surface area contributed by atoms with Gasteiger partial charge in [0, 0.05) is 32.0 Å². The van der Waals surface area contributed by atoms with E-state index in [9.17, 15) is 9.59 Å². The number of aliphatic imine (C=N–C) groups is 1. The van der Waals surface area contributed by atoms with Gasteiger partial charge in [-0.1, -0.05) is 32.0 Å². The van der Waals surface area contributed by atoms with Gasteiger partial charge in [-0.05, 0) is 56.0 Å². The van der Waals surface area contributed by atoms with Gasteiger partial charge in [-0.3, -0.25) is 14.5 Å². The standard InChI is InChI=1S/C30H39FN4O5/c1-6-30(7-2)17-25(36)35(28(32)34-30)23(12-13-38-4)19-14-20(16-21(31)15-19)27(37)33-26-22-10-8-9-11-24(22)40-29(26,3)18-39-5/h8-11,14-16,23,26H,6-7,12-13,17-18H2,1-5H3,(H2,32,34)(H,33,37)/t23-,26-,29?/m1/s1. The Labute approximate surface area is 234 Å². The Morgan fingerprint density at radius 3 is 2.60 bits per heavy atom. The molecule has 4 rings (SSSR count). The summed E-state index contributed by atoms with van der Waals surface area (Å²) in [5, 5.41) is 3.02. The predicted octanol–water partition coefficient (Wildman–Crippen LogP) is 4.28. The Bertz CT molecular complexity index is 1280. The van der Waals surface area contributed by atoms with Gasteiger partial charge >= 0.3 is 0 Å². The Kier molecular flexibility index (Phi) is 8.80. The number of para-hydroxylation sites is 1. The number of nitrogens with two attached hydrogens (primary N) is 1. The SMILES string of the molecule is CCC1(CC)CC(=O)N([C@H](CCOC)c2cc(F)cc(C(=O)N[C@@H]3c4ccccc4OC3(C)COC)c2)C(N)=N1. The highest BCUT2D eigenvalue weighted by atomic mass is 19.1. The summed E-state index contributed by atoms with van der Waals surface area (Å²) in [5.74, 6) is -0.542. The van der Waals surface area contributed by atoms with Crippen molar-refractivity contribution in [1.82, 2.24) is 10.2 Å². The van der Waals surface area contributed by atoms with Gasteiger partial charge in [0.25, 0.3) is 5.91 Å². The second-order valence-corrected chi connectivity index (χ2v) is 10.7. The van der Waals surface area contributed by atoms with Gasteiger partial charge in [0.15, 0.2) is 11.6 Å². The average molecular weight is 555 g/mol. The maximum absolute atomic E-state index is 15.1. The monoisotopic (exact) mass is 554 g/mol. The third-order valence-electron chi connectivity index (χ3n) is 8.03. The summed E-state index contributed by atoms with van der Waals surface area (Å²) in [6, 6.07) is 10.3. The number of nitrogens with zero attached hydrogens (tertiary/aromatic N) is 2. The van der Waals surface area contributed by atoms with Gasteiger partial charge in [0.1, 0.15) is 11.6 Å². The van der Waals surface area contributed by atoms with Crippen molar-refractivity contribution in [2.24, 2.45) is 10.7 Å². The number of hydrogen-bond donors (Lipinski definition) is 2. The van der Waals surface area contributed by atoms with Crippen molar-refractivity contribution in [3.8, 4) is 5.75 Å². The molecule has 3 N–H and O–H groups in total. The van der Waals surface area contributed by atoms with E-state index >= 15 is 4.39 Å². The second-order valence-electron chi connectivity index (χ2n) is 10.7. The minimum Gasteiger partial charge on any atom is -0.482 e. The normalized spacial score (nSPS) is 22.4. The van der Waals surface area contributed by atoms with Gasteiger partial charge < -0.3 is 25.3 Å². The van der Waals surface area contributed by atoms with E-state index in [1.807, 2.05) is 45.0 Å². The molecule has 2 aromatic rings. The van der Waals surface area contributed by atoms with Crippen LogP contribution < -0.4 is 15.8 Å². The van der Waals surface area contributed by atoms with E-state index in [1.165, 1.54) is 17.0 Å². The molecule has 10 heteroatoms. The first kappa shape index (κ1) is 29.5. The smallest absolute Gasteiger partial charge is 0.252 e. The van der Waals surface area contributed by atoms with Crippen molar-refractivity contribution < 1.29 is 28.2 Å². The lowest BCUT2D eigenvalue weighted by Gasteiger charge is -2.40. The lowest BCUT2D eigenvalue weighted by atomic mass is 9.87. The first-order valence-corrected chi connectivity index (χ1v) is 13.6. The van der Waals surface area contributed by atoms with Crippen LogP contribution in [-0.4, -0.2) is 61.2 Å². The van der Waals surface area contributed by atoms with Crippen molar-refractivity contribution in [3.05, 3.63) is 65.0 Å². The minimum absolute atomic E-state index is 0.0892. The molecule has 1 unspecified atom stereocenters. The van der Waals surface area contributed by atoms with Crippen LogP contribution in [0.25, 0.3) is 0 Å². The maximum Gasteiger partial charge on any atom is 0.252 e. The van der Waals surface area contributed by atoms with Crippen LogP contribution in [0.5, 0.6) is 5.75 Å². The number of guanidine groups is 1. The molecule has 2 aliphatic rings. The molecule has 2 amide bonds. The highest BCUT2D eigenvalue weighted by Crippen LogP contribution is 2.43. The molecule has 0 fully saturated rings. The molecule has 2 aliphatic heterocycles. The van der Waals surface area contributed by atoms with E-state index < -0.39 is 34.9 Å². The summed E-state index contributed by atoms with van der Waals surface area (Å²) in [6.45, 7) is 6.34. The van der Waals surface area contributed by atoms with Crippen LogP contribution in [0.1, 0.15) is 80.0 Å². The molecule has 40 heavy (non-hydrogen) atoms. The molecule has 9 nitrogen and oxygen atoms in total. The molecule has 0 aromatic heterocycles.